The zero-order valence-corrected chi connectivity index (χ0v) is 81.9. The molecule has 38 heteroatoms. The van der Waals surface area contributed by atoms with Crippen molar-refractivity contribution >= 4 is 126 Å². The molecule has 0 radical (unpaired) electrons. The third kappa shape index (κ3) is 17.9. The minimum Gasteiger partial charge on any atom is -0.384 e. The van der Waals surface area contributed by atoms with E-state index >= 15 is 0 Å². The van der Waals surface area contributed by atoms with E-state index in [9.17, 15) is 4.79 Å². The lowest BCUT2D eigenvalue weighted by atomic mass is 9.71. The number of nitrogens with two attached hydrogens (primary N) is 6. The Hall–Kier alpha value is -12.0. The SMILES string of the molecule is CC(=O)C1(N)CCN(c2cnc3c(-c4ccnc(N)c4Cl)[nH]nc3n2)CC1.Cc1cccc(C2=NCc3nc(N4CCC5(CCC[C@H]5N)CC4)cnc32)c1Cl.Cc1cnc(N)cc1-c1[nH]nc2nc(N3CCC4(CCC[C@H]4N)CC3)cnc12.Cc1n[nH]c(C)c1-c1[nH]nc2nc(N3CCC4(CCC[C@H]4C)CC3)cnc12.Cc1nccc(C2=NCc3nc(N4CCC5(CCC[C@H]5N)CC4)cnc32)c1Cl. The lowest BCUT2D eigenvalue weighted by molar-refractivity contribution is -0.122. The van der Waals surface area contributed by atoms with E-state index in [-0.39, 0.29) is 11.6 Å². The summed E-state index contributed by atoms with van der Waals surface area (Å²) in [7, 11) is 0. The minimum atomic E-state index is -0.744. The second-order valence-electron chi connectivity index (χ2n) is 40.2. The van der Waals surface area contributed by atoms with Gasteiger partial charge in [-0.05, 0) is 208 Å². The minimum absolute atomic E-state index is 0.0223. The number of aromatic nitrogens is 21. The van der Waals surface area contributed by atoms with Crippen LogP contribution in [0.3, 0.4) is 0 Å². The van der Waals surface area contributed by atoms with Gasteiger partial charge in [-0.25, -0.2) is 59.8 Å². The number of hydrogen-bond acceptors (Lipinski definition) is 31. The highest BCUT2D eigenvalue weighted by Gasteiger charge is 2.48. The average molecular weight is 1920 g/mol. The van der Waals surface area contributed by atoms with Gasteiger partial charge in [0.05, 0.1) is 116 Å². The molecule has 13 aromatic rings. The molecule has 5 saturated heterocycles. The molecule has 35 nitrogen and oxygen atoms in total. The molecule has 720 valence electrons. The highest BCUT2D eigenvalue weighted by atomic mass is 35.5. The van der Waals surface area contributed by atoms with Crippen LogP contribution in [-0.4, -0.2) is 212 Å². The first kappa shape index (κ1) is 93.6. The van der Waals surface area contributed by atoms with Crippen LogP contribution in [0.2, 0.25) is 15.1 Å². The maximum Gasteiger partial charge on any atom is 0.202 e. The van der Waals surface area contributed by atoms with Crippen LogP contribution in [0, 0.1) is 62.2 Å². The fourth-order valence-corrected chi connectivity index (χ4v) is 24.2. The number of anilines is 7. The second kappa shape index (κ2) is 38.3. The van der Waals surface area contributed by atoms with E-state index in [1.54, 1.807) is 37.8 Å². The molecule has 0 amide bonds. The molecule has 4 spiro atoms. The number of piperidine rings is 5. The van der Waals surface area contributed by atoms with Crippen molar-refractivity contribution in [3.63, 3.8) is 0 Å². The third-order valence-electron chi connectivity index (χ3n) is 32.7. The summed E-state index contributed by atoms with van der Waals surface area (Å²) in [6, 6.07) is 12.6. The van der Waals surface area contributed by atoms with Gasteiger partial charge >= 0.3 is 0 Å². The number of nitrogen functional groups attached to an aromatic ring is 2. The fourth-order valence-electron chi connectivity index (χ4n) is 23.6. The van der Waals surface area contributed by atoms with E-state index < -0.39 is 5.54 Å². The largest absolute Gasteiger partial charge is 0.384 e. The maximum atomic E-state index is 11.7. The van der Waals surface area contributed by atoms with Crippen LogP contribution in [0.1, 0.15) is 217 Å². The smallest absolute Gasteiger partial charge is 0.202 e. The summed E-state index contributed by atoms with van der Waals surface area (Å²) in [5.74, 6) is 6.05. The van der Waals surface area contributed by atoms with Gasteiger partial charge in [0, 0.05) is 136 Å². The quantitative estimate of drug-likeness (QED) is 0.0575. The Kier molecular flexibility index (Phi) is 26.0. The van der Waals surface area contributed by atoms with Gasteiger partial charge in [-0.2, -0.15) is 20.4 Å². The number of H-pyrrole nitrogens is 4. The number of rotatable bonds is 11. The summed E-state index contributed by atoms with van der Waals surface area (Å²) in [6.45, 7) is 24.4. The zero-order chi connectivity index (χ0) is 95.7. The van der Waals surface area contributed by atoms with E-state index in [1.807, 2.05) is 89.7 Å². The molecule has 0 bridgehead atoms. The van der Waals surface area contributed by atoms with Crippen LogP contribution >= 0.6 is 34.8 Å². The Bertz CT molecular complexity index is 6610. The Morgan fingerprint density at radius 3 is 1.28 bits per heavy atom. The normalized spacial score (nSPS) is 21.4. The fraction of sp³-hybridized carbons (Fsp3) is 0.500. The van der Waals surface area contributed by atoms with Crippen LogP contribution in [-0.2, 0) is 17.9 Å². The van der Waals surface area contributed by atoms with Crippen molar-refractivity contribution in [1.29, 1.82) is 0 Å². The molecule has 4 saturated carbocycles. The number of Topliss-reactive ketones (excluding diaryl/α,β-unsaturated/α-hetero) is 1. The molecule has 16 N–H and O–H groups in total. The van der Waals surface area contributed by atoms with Gasteiger partial charge in [-0.15, -0.1) is 0 Å². The third-order valence-corrected chi connectivity index (χ3v) is 34.0. The van der Waals surface area contributed by atoms with E-state index in [1.165, 1.54) is 89.9 Å². The van der Waals surface area contributed by atoms with Gasteiger partial charge in [0.25, 0.3) is 0 Å². The first-order valence-electron chi connectivity index (χ1n) is 48.9. The Morgan fingerprint density at radius 2 is 0.826 bits per heavy atom. The molecule has 9 fully saturated rings. The lowest BCUT2D eigenvalue weighted by Gasteiger charge is -2.42. The summed E-state index contributed by atoms with van der Waals surface area (Å²) >= 11 is 19.2. The monoisotopic (exact) mass is 1920 g/mol. The summed E-state index contributed by atoms with van der Waals surface area (Å²) < 4.78 is 0. The predicted molar refractivity (Wildman–Crippen MR) is 543 cm³/mol. The van der Waals surface area contributed by atoms with Crippen molar-refractivity contribution < 1.29 is 4.79 Å². The van der Waals surface area contributed by atoms with Crippen LogP contribution in [0.15, 0.2) is 96.0 Å². The van der Waals surface area contributed by atoms with Crippen LogP contribution < -0.4 is 58.9 Å². The molecular weight excluding hydrogens is 1800 g/mol. The highest BCUT2D eigenvalue weighted by Crippen LogP contribution is 2.53. The van der Waals surface area contributed by atoms with Crippen LogP contribution in [0.5, 0.6) is 0 Å². The number of ketones is 1. The number of fused-ring (bicyclic) bond motifs is 5. The molecule has 1 aromatic carbocycles. The molecule has 11 aliphatic rings. The van der Waals surface area contributed by atoms with E-state index in [2.05, 4.69) is 107 Å². The average Bonchev–Trinajstić information content (AvgIpc) is 1.32. The molecule has 24 rings (SSSR count). The number of hydrogen-bond donors (Lipinski definition) is 10. The Morgan fingerprint density at radius 1 is 0.413 bits per heavy atom. The van der Waals surface area contributed by atoms with Crippen molar-refractivity contribution in [2.45, 2.75) is 226 Å². The molecule has 12 aromatic heterocycles. The van der Waals surface area contributed by atoms with Crippen LogP contribution in [0.4, 0.5) is 40.7 Å². The van der Waals surface area contributed by atoms with Crippen LogP contribution in [0.25, 0.3) is 67.3 Å². The number of carbonyl (C=O) groups excluding carboxylic acids is 1. The first-order chi connectivity index (χ1) is 66.7. The number of aryl methyl sites for hydroxylation is 5. The zero-order valence-electron chi connectivity index (χ0n) is 79.7. The number of aromatic amines is 4. The molecule has 19 heterocycles. The van der Waals surface area contributed by atoms with E-state index in [0.29, 0.717) is 134 Å². The number of carbonyl (C=O) groups is 1. The standard InChI is InChI=1S/C22H26ClN5.C21H25ClN6.C20H26N8.C20H27N7.C17H19ClN8O/c1-14-4-2-5-15(19(14)23)20-21-16(12-25-20)27-18(13-26-21)28-10-8-22(9-11-28)7-3-6-17(22)24;1-13-18(22)14(4-8-24-13)19-20-15(11-25-19)27-17(12-26-20)28-9-6-21(7-10-28)5-2-3-16(21)23;1-12-10-23-15(22)9-13(12)17-18-19(27-26-17)25-16(11-24-18)28-7-5-20(6-8-28)4-2-3-14(20)21;1-12-5-4-6-20(12)7-9-27(10-8-20)15-11-21-18-17(25-26-19(18)22-15)16-13(2)23-24-14(16)3;1-9(27)17(20)3-6-26(7-4-17)11-8-22-14-13(24-25-16(14)23-11)10-2-5-21-15(19)12(10)18/h2,4-5,13,17H,3,6-12,24H2,1H3;4,8,12,16H,2-3,5-7,9-11,23H2,1H3;9-11,14H,2-8,21H2,1H3,(H2,22,23)(H,25,26,27);11-12H,4-10H2,1-3H3,(H,23,24)(H,22,25,26);2,5,8H,3-4,6-7,20H2,1H3,(H2,19,21)(H,23,24,25)/t17-;16-;14-;12-;/m1111./s1. The van der Waals surface area contributed by atoms with Crippen molar-refractivity contribution in [2.75, 3.05) is 101 Å². The summed E-state index contributed by atoms with van der Waals surface area (Å²) in [6.07, 6.45) is 40.3. The summed E-state index contributed by atoms with van der Waals surface area (Å²) in [5.41, 5.74) is 58.8. The predicted octanol–water partition coefficient (Wildman–Crippen LogP) is 14.9. The summed E-state index contributed by atoms with van der Waals surface area (Å²) in [4.78, 5) is 92.3. The molecule has 138 heavy (non-hydrogen) atoms. The molecule has 4 aliphatic carbocycles. The van der Waals surface area contributed by atoms with Gasteiger partial charge in [0.1, 0.15) is 74.4 Å². The number of nitrogens with zero attached hydrogens (tertiary/aromatic N) is 24. The Balaban J connectivity index is 0.000000106. The van der Waals surface area contributed by atoms with Gasteiger partial charge in [0.15, 0.2) is 0 Å². The van der Waals surface area contributed by atoms with E-state index in [0.717, 1.165) is 232 Å². The Labute approximate surface area is 816 Å². The number of halogens is 3. The first-order valence-corrected chi connectivity index (χ1v) is 50.1. The van der Waals surface area contributed by atoms with Crippen molar-refractivity contribution in [3.8, 4) is 33.8 Å². The molecular formula is C100H123Cl3N34O. The number of nitrogens with one attached hydrogen (secondary N) is 4. The number of benzene rings is 1. The molecule has 7 aliphatic heterocycles. The molecule has 4 atom stereocenters. The highest BCUT2D eigenvalue weighted by molar-refractivity contribution is 6.37. The topological polar surface area (TPSA) is 496 Å². The van der Waals surface area contributed by atoms with Crippen molar-refractivity contribution in [1.82, 2.24) is 106 Å². The molecule has 0 unspecified atom stereocenters. The van der Waals surface area contributed by atoms with Gasteiger partial charge in [0.2, 0.25) is 16.9 Å². The summed E-state index contributed by atoms with van der Waals surface area (Å²) in [5, 5.41) is 31.2. The van der Waals surface area contributed by atoms with E-state index in [4.69, 9.17) is 109 Å². The van der Waals surface area contributed by atoms with Gasteiger partial charge in [-0.1, -0.05) is 92.0 Å². The van der Waals surface area contributed by atoms with Crippen molar-refractivity contribution in [3.05, 3.63) is 163 Å². The second-order valence-corrected chi connectivity index (χ2v) is 41.4. The maximum absolute atomic E-state index is 11.7. The van der Waals surface area contributed by atoms with Gasteiger partial charge in [-0.3, -0.25) is 40.2 Å². The number of pyridine rings is 3. The van der Waals surface area contributed by atoms with Crippen molar-refractivity contribution in [2.24, 2.45) is 60.5 Å². The van der Waals surface area contributed by atoms with Gasteiger partial charge < -0.3 is 58.9 Å². The lowest BCUT2D eigenvalue weighted by Crippen LogP contribution is -2.55. The number of aliphatic imine (C=N–C) groups is 2.